The fraction of sp³-hybridized carbons (Fsp3) is 0.385. The van der Waals surface area contributed by atoms with Crippen LogP contribution in [-0.4, -0.2) is 13.1 Å². The maximum Gasteiger partial charge on any atom is 0.0367 e. The molecule has 0 radical (unpaired) electrons. The zero-order valence-electron chi connectivity index (χ0n) is 9.61. The lowest BCUT2D eigenvalue weighted by molar-refractivity contribution is 0.822. The molecule has 0 amide bonds. The fourth-order valence-corrected chi connectivity index (χ4v) is 1.55. The van der Waals surface area contributed by atoms with Crippen molar-refractivity contribution in [3.8, 4) is 0 Å². The Morgan fingerprint density at radius 3 is 2.47 bits per heavy atom. The molecule has 0 aliphatic rings. The van der Waals surface area contributed by atoms with Crippen molar-refractivity contribution in [2.24, 2.45) is 0 Å². The van der Waals surface area contributed by atoms with Gasteiger partial charge in [0.05, 0.1) is 0 Å². The van der Waals surface area contributed by atoms with E-state index in [2.05, 4.69) is 43.0 Å². The highest BCUT2D eigenvalue weighted by molar-refractivity contribution is 5.53. The zero-order chi connectivity index (χ0) is 11.1. The summed E-state index contributed by atoms with van der Waals surface area (Å²) in [6.07, 6.45) is 5.38. The lowest BCUT2D eigenvalue weighted by Crippen LogP contribution is -2.23. The molecule has 0 unspecified atom stereocenters. The van der Waals surface area contributed by atoms with E-state index in [0.717, 1.165) is 25.2 Å². The van der Waals surface area contributed by atoms with Crippen molar-refractivity contribution >= 4 is 11.4 Å². The Labute approximate surface area is 92.4 Å². The topological polar surface area (TPSA) is 29.3 Å². The van der Waals surface area contributed by atoms with Crippen molar-refractivity contribution < 1.29 is 0 Å². The molecule has 2 nitrogen and oxygen atoms in total. The van der Waals surface area contributed by atoms with Crippen molar-refractivity contribution in [2.45, 2.75) is 20.3 Å². The molecule has 2 N–H and O–H groups in total. The van der Waals surface area contributed by atoms with Gasteiger partial charge < -0.3 is 10.6 Å². The minimum atomic E-state index is 0.822. The molecule has 1 aromatic rings. The Balaban J connectivity index is 2.61. The van der Waals surface area contributed by atoms with Crippen LogP contribution in [0.15, 0.2) is 36.4 Å². The van der Waals surface area contributed by atoms with Gasteiger partial charge in [-0.2, -0.15) is 0 Å². The van der Waals surface area contributed by atoms with E-state index in [1.807, 2.05) is 12.1 Å². The van der Waals surface area contributed by atoms with Crippen LogP contribution < -0.4 is 10.6 Å². The molecule has 0 aliphatic carbocycles. The van der Waals surface area contributed by atoms with Gasteiger partial charge in [0, 0.05) is 24.5 Å². The number of rotatable bonds is 5. The minimum Gasteiger partial charge on any atom is -0.399 e. The van der Waals surface area contributed by atoms with Crippen LogP contribution in [0, 0.1) is 0 Å². The summed E-state index contributed by atoms with van der Waals surface area (Å²) in [6, 6.07) is 8.06. The van der Waals surface area contributed by atoms with Crippen LogP contribution in [0.2, 0.25) is 0 Å². The van der Waals surface area contributed by atoms with E-state index in [9.17, 15) is 0 Å². The molecule has 0 spiro atoms. The van der Waals surface area contributed by atoms with Crippen molar-refractivity contribution in [1.29, 1.82) is 0 Å². The second-order valence-corrected chi connectivity index (χ2v) is 3.53. The first-order valence-electron chi connectivity index (χ1n) is 5.49. The highest BCUT2D eigenvalue weighted by atomic mass is 15.1. The predicted octanol–water partition coefficient (Wildman–Crippen LogP) is 3.06. The van der Waals surface area contributed by atoms with E-state index >= 15 is 0 Å². The van der Waals surface area contributed by atoms with E-state index in [1.165, 1.54) is 5.69 Å². The summed E-state index contributed by atoms with van der Waals surface area (Å²) in [4.78, 5) is 2.35. The molecule has 82 valence electrons. The van der Waals surface area contributed by atoms with E-state index in [0.29, 0.717) is 0 Å². The van der Waals surface area contributed by atoms with Crippen LogP contribution in [0.5, 0.6) is 0 Å². The minimum absolute atomic E-state index is 0.822. The summed E-state index contributed by atoms with van der Waals surface area (Å²) in [6.45, 7) is 6.32. The monoisotopic (exact) mass is 204 g/mol. The Morgan fingerprint density at radius 2 is 1.93 bits per heavy atom. The predicted molar refractivity (Wildman–Crippen MR) is 68.2 cm³/mol. The first-order chi connectivity index (χ1) is 7.27. The van der Waals surface area contributed by atoms with Gasteiger partial charge in [-0.25, -0.2) is 0 Å². The van der Waals surface area contributed by atoms with Crippen molar-refractivity contribution in [3.05, 3.63) is 36.4 Å². The molecule has 0 bridgehead atoms. The van der Waals surface area contributed by atoms with Gasteiger partial charge in [0.1, 0.15) is 0 Å². The maximum atomic E-state index is 5.66. The molecule has 0 heterocycles. The largest absolute Gasteiger partial charge is 0.399 e. The molecule has 0 fully saturated rings. The number of benzene rings is 1. The van der Waals surface area contributed by atoms with Crippen molar-refractivity contribution in [2.75, 3.05) is 23.7 Å². The van der Waals surface area contributed by atoms with Crippen LogP contribution in [0.25, 0.3) is 0 Å². The molecule has 0 atom stereocenters. The third-order valence-electron chi connectivity index (χ3n) is 2.44. The molecule has 0 aliphatic heterocycles. The first-order valence-corrected chi connectivity index (χ1v) is 5.49. The number of anilines is 2. The van der Waals surface area contributed by atoms with Gasteiger partial charge in [0.15, 0.2) is 0 Å². The number of nitrogens with zero attached hydrogens (tertiary/aromatic N) is 1. The maximum absolute atomic E-state index is 5.66. The first kappa shape index (κ1) is 11.6. The van der Waals surface area contributed by atoms with Crippen LogP contribution in [-0.2, 0) is 0 Å². The Hall–Kier alpha value is -1.44. The van der Waals surface area contributed by atoms with Crippen LogP contribution in [0.3, 0.4) is 0 Å². The average molecular weight is 204 g/mol. The SMILES string of the molecule is C/C=C/CCN(CC)c1ccc(N)cc1. The molecule has 1 aromatic carbocycles. The fourth-order valence-electron chi connectivity index (χ4n) is 1.55. The summed E-state index contributed by atoms with van der Waals surface area (Å²) in [5.74, 6) is 0. The molecule has 15 heavy (non-hydrogen) atoms. The molecule has 2 heteroatoms. The molecule has 0 aromatic heterocycles. The van der Waals surface area contributed by atoms with Gasteiger partial charge in [-0.15, -0.1) is 0 Å². The average Bonchev–Trinajstić information content (AvgIpc) is 2.26. The Morgan fingerprint density at radius 1 is 1.27 bits per heavy atom. The van der Waals surface area contributed by atoms with Gasteiger partial charge in [-0.1, -0.05) is 12.2 Å². The molecular weight excluding hydrogens is 184 g/mol. The second kappa shape index (κ2) is 6.12. The summed E-state index contributed by atoms with van der Waals surface area (Å²) < 4.78 is 0. The van der Waals surface area contributed by atoms with Gasteiger partial charge in [-0.05, 0) is 44.5 Å². The zero-order valence-corrected chi connectivity index (χ0v) is 9.61. The third kappa shape index (κ3) is 3.66. The summed E-state index contributed by atoms with van der Waals surface area (Å²) in [7, 11) is 0. The van der Waals surface area contributed by atoms with Gasteiger partial charge in [0.25, 0.3) is 0 Å². The van der Waals surface area contributed by atoms with E-state index in [-0.39, 0.29) is 0 Å². The van der Waals surface area contributed by atoms with E-state index in [4.69, 9.17) is 5.73 Å². The number of nitrogen functional groups attached to an aromatic ring is 1. The molecule has 0 saturated carbocycles. The van der Waals surface area contributed by atoms with E-state index < -0.39 is 0 Å². The van der Waals surface area contributed by atoms with E-state index in [1.54, 1.807) is 0 Å². The lowest BCUT2D eigenvalue weighted by Gasteiger charge is -2.22. The summed E-state index contributed by atoms with van der Waals surface area (Å²) >= 11 is 0. The normalized spacial score (nSPS) is 10.8. The Bertz CT molecular complexity index is 301. The number of hydrogen-bond donors (Lipinski definition) is 1. The van der Waals surface area contributed by atoms with Gasteiger partial charge in [-0.3, -0.25) is 0 Å². The highest BCUT2D eigenvalue weighted by Crippen LogP contribution is 2.16. The van der Waals surface area contributed by atoms with Crippen LogP contribution in [0.1, 0.15) is 20.3 Å². The van der Waals surface area contributed by atoms with Crippen LogP contribution in [0.4, 0.5) is 11.4 Å². The second-order valence-electron chi connectivity index (χ2n) is 3.53. The smallest absolute Gasteiger partial charge is 0.0367 e. The standard InChI is InChI=1S/C13H20N2/c1-3-5-6-11-15(4-2)13-9-7-12(14)8-10-13/h3,5,7-10H,4,6,11,14H2,1-2H3/b5-3+. The molecule has 0 saturated heterocycles. The quantitative estimate of drug-likeness (QED) is 0.590. The Kier molecular flexibility index (Phi) is 4.75. The summed E-state index contributed by atoms with van der Waals surface area (Å²) in [5, 5.41) is 0. The summed E-state index contributed by atoms with van der Waals surface area (Å²) in [5.41, 5.74) is 7.73. The highest BCUT2D eigenvalue weighted by Gasteiger charge is 2.01. The number of hydrogen-bond acceptors (Lipinski definition) is 2. The van der Waals surface area contributed by atoms with Crippen LogP contribution >= 0.6 is 0 Å². The molecular formula is C13H20N2. The third-order valence-corrected chi connectivity index (χ3v) is 2.44. The number of allylic oxidation sites excluding steroid dienone is 1. The van der Waals surface area contributed by atoms with Gasteiger partial charge >= 0.3 is 0 Å². The van der Waals surface area contributed by atoms with Crippen molar-refractivity contribution in [1.82, 2.24) is 0 Å². The molecule has 1 rings (SSSR count). The lowest BCUT2D eigenvalue weighted by atomic mass is 10.2. The van der Waals surface area contributed by atoms with Crippen molar-refractivity contribution in [3.63, 3.8) is 0 Å². The van der Waals surface area contributed by atoms with Gasteiger partial charge in [0.2, 0.25) is 0 Å². The number of nitrogens with two attached hydrogens (primary N) is 1.